The Bertz CT molecular complexity index is 1430. The first-order valence-corrected chi connectivity index (χ1v) is 18.1. The highest BCUT2D eigenvalue weighted by molar-refractivity contribution is 6.03. The molecule has 254 valence electrons. The molecule has 0 aromatic heterocycles. The second kappa shape index (κ2) is 15.3. The number of nitrogens with zero attached hydrogens (tertiary/aromatic N) is 4. The van der Waals surface area contributed by atoms with Crippen LogP contribution >= 0.6 is 0 Å². The third-order valence-corrected chi connectivity index (χ3v) is 9.41. The Morgan fingerprint density at radius 2 is 1.26 bits per heavy atom. The first kappa shape index (κ1) is 37.6. The van der Waals surface area contributed by atoms with E-state index in [0.29, 0.717) is 0 Å². The first-order chi connectivity index (χ1) is 21.6. The number of benzene rings is 2. The second-order valence-electron chi connectivity index (χ2n) is 13.0. The normalized spacial score (nSPS) is 17.3. The van der Waals surface area contributed by atoms with Gasteiger partial charge in [-0.2, -0.15) is 4.58 Å². The smallest absolute Gasteiger partial charge is 0.209 e. The molecule has 2 aliphatic heterocycles. The van der Waals surface area contributed by atoms with E-state index in [1.54, 1.807) is 0 Å². The molecule has 0 saturated carbocycles. The van der Waals surface area contributed by atoms with E-state index in [-0.39, 0.29) is 10.8 Å². The van der Waals surface area contributed by atoms with Crippen molar-refractivity contribution in [3.63, 3.8) is 0 Å². The highest BCUT2D eigenvalue weighted by atomic mass is 35.7. The summed E-state index contributed by atoms with van der Waals surface area (Å²) >= 11 is 0. The van der Waals surface area contributed by atoms with Crippen molar-refractivity contribution in [2.45, 2.75) is 92.9 Å². The second-order valence-corrected chi connectivity index (χ2v) is 13.7. The van der Waals surface area contributed by atoms with E-state index in [1.165, 1.54) is 45.3 Å². The van der Waals surface area contributed by atoms with E-state index in [1.807, 2.05) is 0 Å². The van der Waals surface area contributed by atoms with Gasteiger partial charge in [0.25, 0.3) is 0 Å². The van der Waals surface area contributed by atoms with Crippen molar-refractivity contribution >= 4 is 28.5 Å². The van der Waals surface area contributed by atoms with Crippen LogP contribution in [0, 0.1) is 10.2 Å². The van der Waals surface area contributed by atoms with Gasteiger partial charge >= 0.3 is 0 Å². The van der Waals surface area contributed by atoms with Gasteiger partial charge in [0.05, 0.1) is 5.41 Å². The van der Waals surface area contributed by atoms with Gasteiger partial charge in [-0.05, 0) is 89.9 Å². The Labute approximate surface area is 279 Å². The third kappa shape index (κ3) is 7.97. The summed E-state index contributed by atoms with van der Waals surface area (Å²) in [6, 6.07) is 14.2. The van der Waals surface area contributed by atoms with Crippen molar-refractivity contribution in [3.8, 4) is 0 Å². The molecule has 2 heterocycles. The third-order valence-electron chi connectivity index (χ3n) is 9.41. The van der Waals surface area contributed by atoms with E-state index in [2.05, 4.69) is 143 Å². The molecule has 46 heavy (non-hydrogen) atoms. The minimum absolute atomic E-state index is 0.0569. The largest absolute Gasteiger partial charge is 0.372 e. The Kier molecular flexibility index (Phi) is 12.5. The maximum atomic E-state index is 8.49. The lowest BCUT2D eigenvalue weighted by atomic mass is 9.81. The number of allylic oxidation sites excluding steroid dienone is 4. The minimum atomic E-state index is -4.94. The zero-order valence-corrected chi connectivity index (χ0v) is 30.4. The van der Waals surface area contributed by atoms with Crippen molar-refractivity contribution in [2.24, 2.45) is 0 Å². The Morgan fingerprint density at radius 3 is 1.76 bits per heavy atom. The van der Waals surface area contributed by atoms with Crippen LogP contribution in [0.3, 0.4) is 0 Å². The van der Waals surface area contributed by atoms with Crippen LogP contribution in [0.1, 0.15) is 93.2 Å². The molecule has 0 unspecified atom stereocenters. The Hall–Kier alpha value is -2.88. The predicted octanol–water partition coefficient (Wildman–Crippen LogP) is 4.06. The maximum absolute atomic E-state index is 8.49. The first-order valence-electron chi connectivity index (χ1n) is 16.8. The van der Waals surface area contributed by atoms with E-state index < -0.39 is 10.2 Å². The summed E-state index contributed by atoms with van der Waals surface area (Å²) in [5.74, 6) is 0. The van der Waals surface area contributed by atoms with Gasteiger partial charge in [0.2, 0.25) is 5.69 Å². The number of hydrogen-bond acceptors (Lipinski definition) is 7. The molecule has 2 aromatic carbocycles. The van der Waals surface area contributed by atoms with E-state index in [4.69, 9.17) is 18.6 Å². The van der Waals surface area contributed by atoms with Gasteiger partial charge in [0.1, 0.15) is 6.54 Å². The van der Waals surface area contributed by atoms with Crippen molar-refractivity contribution in [3.05, 3.63) is 71.5 Å². The van der Waals surface area contributed by atoms with Gasteiger partial charge in [-0.1, -0.05) is 33.8 Å². The summed E-state index contributed by atoms with van der Waals surface area (Å²) in [4.78, 5) is 7.46. The maximum Gasteiger partial charge on any atom is 0.209 e. The number of rotatable bonds is 12. The van der Waals surface area contributed by atoms with E-state index in [9.17, 15) is 0 Å². The van der Waals surface area contributed by atoms with Crippen molar-refractivity contribution in [1.29, 1.82) is 0 Å². The summed E-state index contributed by atoms with van der Waals surface area (Å²) < 4.78 is 36.5. The van der Waals surface area contributed by atoms with Gasteiger partial charge in [0, 0.05) is 85.0 Å². The molecule has 4 rings (SSSR count). The number of fused-ring (bicyclic) bond motifs is 2. The van der Waals surface area contributed by atoms with Gasteiger partial charge in [-0.25, -0.2) is 18.6 Å². The number of hydrogen-bond donors (Lipinski definition) is 0. The number of anilines is 3. The molecule has 0 spiro atoms. The minimum Gasteiger partial charge on any atom is -0.372 e. The van der Waals surface area contributed by atoms with E-state index >= 15 is 0 Å². The fraction of sp³-hybridized carbons (Fsp3) is 0.541. The van der Waals surface area contributed by atoms with Crippen LogP contribution in [0.2, 0.25) is 0 Å². The molecule has 0 fully saturated rings. The molecule has 8 nitrogen and oxygen atoms in total. The lowest BCUT2D eigenvalue weighted by Gasteiger charge is -2.26. The van der Waals surface area contributed by atoms with Crippen LogP contribution in [0.4, 0.5) is 22.7 Å². The van der Waals surface area contributed by atoms with Crippen molar-refractivity contribution < 1.29 is 33.5 Å². The van der Waals surface area contributed by atoms with Gasteiger partial charge in [0.15, 0.2) is 5.71 Å². The lowest BCUT2D eigenvalue weighted by molar-refractivity contribution is -2.00. The quantitative estimate of drug-likeness (QED) is 0.318. The molecule has 9 heteroatoms. The van der Waals surface area contributed by atoms with Crippen LogP contribution in [-0.4, -0.2) is 49.6 Å². The van der Waals surface area contributed by atoms with Gasteiger partial charge in [-0.3, -0.25) is 0 Å². The monoisotopic (exact) mass is 654 g/mol. The van der Waals surface area contributed by atoms with E-state index in [0.717, 1.165) is 52.1 Å². The van der Waals surface area contributed by atoms with Crippen LogP contribution in [0.25, 0.3) is 0 Å². The van der Waals surface area contributed by atoms with Crippen molar-refractivity contribution in [1.82, 2.24) is 0 Å². The fourth-order valence-electron chi connectivity index (χ4n) is 7.06. The zero-order valence-electron chi connectivity index (χ0n) is 29.7. The summed E-state index contributed by atoms with van der Waals surface area (Å²) in [6.45, 7) is 29.3. The average molecular weight is 655 g/mol. The molecule has 0 atom stereocenters. The van der Waals surface area contributed by atoms with Crippen LogP contribution in [-0.2, 0) is 10.8 Å². The molecular weight excluding hydrogens is 600 g/mol. The predicted molar refractivity (Wildman–Crippen MR) is 181 cm³/mol. The number of halogens is 1. The average Bonchev–Trinajstić information content (AvgIpc) is 3.32. The van der Waals surface area contributed by atoms with Gasteiger partial charge < -0.3 is 14.7 Å². The van der Waals surface area contributed by atoms with Crippen molar-refractivity contribution in [2.75, 3.05) is 54.0 Å². The summed E-state index contributed by atoms with van der Waals surface area (Å²) in [7, 11) is -4.94. The highest BCUT2D eigenvalue weighted by Crippen LogP contribution is 2.49. The topological polar surface area (TPSA) is 105 Å². The SMILES string of the molecule is CCCN1/C(=C\C=C\C2=[N+](CCC)c3ccc(N(CC)CC)cc3C2(C)C)C(C)(C)c2cc(N(CC)CC)ccc21.[O-][Cl+3]([O-])([O-])[O-]. The standard InChI is InChI=1S/C37H55N4.ClHO4/c1-11-24-40-32-22-20-28(38(13-3)14-4)26-30(32)36(7,8)34(40)18-17-19-35-37(9,10)31-27-29(39(15-5)16-6)21-23-33(31)41(35)25-12-2;2-1(3,4)5/h17-23,26-27H,11-16,24-25H2,1-10H3;(H,2,3,4,5)/q+1;/p-1. The Morgan fingerprint density at radius 1 is 0.739 bits per heavy atom. The molecule has 0 bridgehead atoms. The summed E-state index contributed by atoms with van der Waals surface area (Å²) in [5.41, 5.74) is 10.9. The molecule has 0 aliphatic carbocycles. The zero-order chi connectivity index (χ0) is 34.4. The molecule has 0 N–H and O–H groups in total. The molecule has 0 saturated heterocycles. The van der Waals surface area contributed by atoms with Crippen LogP contribution in [0.15, 0.2) is 60.3 Å². The molecule has 2 aromatic rings. The van der Waals surface area contributed by atoms with Gasteiger partial charge in [-0.15, -0.1) is 10.2 Å². The molecule has 2 aliphatic rings. The summed E-state index contributed by atoms with van der Waals surface area (Å²) in [5, 5.41) is 0. The lowest BCUT2D eigenvalue weighted by Crippen LogP contribution is -2.68. The molecule has 0 radical (unpaired) electrons. The fourth-order valence-corrected chi connectivity index (χ4v) is 7.06. The van der Waals surface area contributed by atoms with Crippen LogP contribution < -0.4 is 33.3 Å². The summed E-state index contributed by atoms with van der Waals surface area (Å²) in [6.07, 6.45) is 9.35. The molecule has 0 amide bonds. The highest BCUT2D eigenvalue weighted by Gasteiger charge is 2.44. The molecular formula is C37H55ClN4O4. The Balaban J connectivity index is 0.00000107. The van der Waals surface area contributed by atoms with Crippen LogP contribution in [0.5, 0.6) is 0 Å².